The highest BCUT2D eigenvalue weighted by Gasteiger charge is 2.16. The fourth-order valence-electron chi connectivity index (χ4n) is 1.44. The van der Waals surface area contributed by atoms with Gasteiger partial charge in [0.1, 0.15) is 0 Å². The molecule has 1 aromatic heterocycles. The molecule has 2 N–H and O–H groups in total. The lowest BCUT2D eigenvalue weighted by atomic mass is 10.2. The van der Waals surface area contributed by atoms with Crippen LogP contribution in [0.5, 0.6) is 0 Å². The largest absolute Gasteiger partial charge is 0.378 e. The molecule has 0 amide bonds. The summed E-state index contributed by atoms with van der Waals surface area (Å²) in [5, 5.41) is 3.98. The SMILES string of the molecule is C[C@H](N)c1cc(N2CCOCC2)no1. The van der Waals surface area contributed by atoms with Crippen molar-refractivity contribution in [3.63, 3.8) is 0 Å². The maximum Gasteiger partial charge on any atom is 0.172 e. The van der Waals surface area contributed by atoms with Gasteiger partial charge in [0.15, 0.2) is 11.6 Å². The third kappa shape index (κ3) is 1.88. The van der Waals surface area contributed by atoms with E-state index in [1.165, 1.54) is 0 Å². The van der Waals surface area contributed by atoms with Crippen LogP contribution in [0.15, 0.2) is 10.6 Å². The number of aromatic nitrogens is 1. The van der Waals surface area contributed by atoms with Crippen LogP contribution in [0.3, 0.4) is 0 Å². The molecule has 0 radical (unpaired) electrons. The van der Waals surface area contributed by atoms with Crippen LogP contribution in [0, 0.1) is 0 Å². The molecule has 2 heterocycles. The molecule has 2 rings (SSSR count). The van der Waals surface area contributed by atoms with Crippen molar-refractivity contribution in [2.24, 2.45) is 5.73 Å². The van der Waals surface area contributed by atoms with Crippen LogP contribution in [-0.2, 0) is 4.74 Å². The molecule has 5 heteroatoms. The van der Waals surface area contributed by atoms with Gasteiger partial charge >= 0.3 is 0 Å². The van der Waals surface area contributed by atoms with Crippen LogP contribution in [0.2, 0.25) is 0 Å². The lowest BCUT2D eigenvalue weighted by Crippen LogP contribution is -2.36. The third-order valence-corrected chi connectivity index (χ3v) is 2.30. The standard InChI is InChI=1S/C9H15N3O2/c1-7(10)8-6-9(11-14-8)12-2-4-13-5-3-12/h6-7H,2-5,10H2,1H3/t7-/m0/s1. The van der Waals surface area contributed by atoms with Gasteiger partial charge in [0.05, 0.1) is 19.3 Å². The topological polar surface area (TPSA) is 64.5 Å². The zero-order valence-electron chi connectivity index (χ0n) is 8.27. The van der Waals surface area contributed by atoms with Crippen LogP contribution < -0.4 is 10.6 Å². The summed E-state index contributed by atoms with van der Waals surface area (Å²) in [5.41, 5.74) is 5.68. The molecule has 14 heavy (non-hydrogen) atoms. The lowest BCUT2D eigenvalue weighted by molar-refractivity contribution is 0.122. The van der Waals surface area contributed by atoms with Gasteiger partial charge < -0.3 is 19.9 Å². The van der Waals surface area contributed by atoms with Crippen molar-refractivity contribution >= 4 is 5.82 Å². The zero-order valence-corrected chi connectivity index (χ0v) is 8.27. The van der Waals surface area contributed by atoms with Gasteiger partial charge in [-0.25, -0.2) is 0 Å². The second-order valence-electron chi connectivity index (χ2n) is 3.48. The maximum absolute atomic E-state index is 5.68. The average molecular weight is 197 g/mol. The van der Waals surface area contributed by atoms with Crippen LogP contribution in [0.25, 0.3) is 0 Å². The molecule has 0 saturated carbocycles. The number of ether oxygens (including phenoxy) is 1. The van der Waals surface area contributed by atoms with Crippen LogP contribution in [-0.4, -0.2) is 31.5 Å². The lowest BCUT2D eigenvalue weighted by Gasteiger charge is -2.25. The van der Waals surface area contributed by atoms with Gasteiger partial charge in [-0.2, -0.15) is 0 Å². The Labute approximate surface area is 82.8 Å². The van der Waals surface area contributed by atoms with E-state index in [4.69, 9.17) is 15.0 Å². The predicted octanol–water partition coefficient (Wildman–Crippen LogP) is 0.531. The molecule has 0 bridgehead atoms. The Morgan fingerprint density at radius 3 is 2.79 bits per heavy atom. The minimum atomic E-state index is -0.0997. The first-order valence-corrected chi connectivity index (χ1v) is 4.82. The minimum absolute atomic E-state index is 0.0997. The number of morpholine rings is 1. The molecule has 5 nitrogen and oxygen atoms in total. The molecule has 1 aliphatic rings. The normalized spacial score (nSPS) is 19.7. The molecule has 1 atom stereocenters. The Bertz CT molecular complexity index is 292. The van der Waals surface area contributed by atoms with Crippen molar-refractivity contribution < 1.29 is 9.26 Å². The summed E-state index contributed by atoms with van der Waals surface area (Å²) in [5.74, 6) is 1.59. The van der Waals surface area contributed by atoms with Crippen molar-refractivity contribution in [3.05, 3.63) is 11.8 Å². The van der Waals surface area contributed by atoms with E-state index >= 15 is 0 Å². The molecule has 1 aliphatic heterocycles. The zero-order chi connectivity index (χ0) is 9.97. The number of anilines is 1. The van der Waals surface area contributed by atoms with Gasteiger partial charge in [-0.1, -0.05) is 5.16 Å². The highest BCUT2D eigenvalue weighted by molar-refractivity contribution is 5.38. The monoisotopic (exact) mass is 197 g/mol. The summed E-state index contributed by atoms with van der Waals surface area (Å²) >= 11 is 0. The Balaban J connectivity index is 2.07. The first kappa shape index (κ1) is 9.48. The van der Waals surface area contributed by atoms with E-state index in [9.17, 15) is 0 Å². The highest BCUT2D eigenvalue weighted by Crippen LogP contribution is 2.18. The second-order valence-corrected chi connectivity index (χ2v) is 3.48. The molecule has 1 aromatic rings. The molecule has 0 aliphatic carbocycles. The quantitative estimate of drug-likeness (QED) is 0.749. The molecule has 0 spiro atoms. The van der Waals surface area contributed by atoms with Crippen LogP contribution in [0.4, 0.5) is 5.82 Å². The molecule has 0 aromatic carbocycles. The predicted molar refractivity (Wildman–Crippen MR) is 52.1 cm³/mol. The first-order chi connectivity index (χ1) is 6.77. The van der Waals surface area contributed by atoms with E-state index in [-0.39, 0.29) is 6.04 Å². The van der Waals surface area contributed by atoms with E-state index in [1.54, 1.807) is 0 Å². The minimum Gasteiger partial charge on any atom is -0.378 e. The fourth-order valence-corrected chi connectivity index (χ4v) is 1.44. The van der Waals surface area contributed by atoms with Crippen molar-refractivity contribution in [2.45, 2.75) is 13.0 Å². The van der Waals surface area contributed by atoms with Crippen molar-refractivity contribution in [2.75, 3.05) is 31.2 Å². The third-order valence-electron chi connectivity index (χ3n) is 2.30. The van der Waals surface area contributed by atoms with Crippen LogP contribution >= 0.6 is 0 Å². The molecule has 1 saturated heterocycles. The Morgan fingerprint density at radius 2 is 2.21 bits per heavy atom. The summed E-state index contributed by atoms with van der Waals surface area (Å²) in [6.45, 7) is 5.11. The first-order valence-electron chi connectivity index (χ1n) is 4.82. The highest BCUT2D eigenvalue weighted by atomic mass is 16.5. The van der Waals surface area contributed by atoms with Gasteiger partial charge in [0, 0.05) is 19.2 Å². The van der Waals surface area contributed by atoms with E-state index in [1.807, 2.05) is 13.0 Å². The fraction of sp³-hybridized carbons (Fsp3) is 0.667. The van der Waals surface area contributed by atoms with Gasteiger partial charge in [-0.05, 0) is 6.92 Å². The van der Waals surface area contributed by atoms with Gasteiger partial charge in [-0.3, -0.25) is 0 Å². The van der Waals surface area contributed by atoms with E-state index in [0.717, 1.165) is 37.9 Å². The molecule has 78 valence electrons. The smallest absolute Gasteiger partial charge is 0.172 e. The molecular formula is C9H15N3O2. The summed E-state index contributed by atoms with van der Waals surface area (Å²) in [7, 11) is 0. The number of nitrogens with two attached hydrogens (primary N) is 1. The summed E-state index contributed by atoms with van der Waals surface area (Å²) in [4.78, 5) is 2.14. The van der Waals surface area contributed by atoms with E-state index in [0.29, 0.717) is 0 Å². The second kappa shape index (κ2) is 3.98. The summed E-state index contributed by atoms with van der Waals surface area (Å²) in [6, 6.07) is 1.80. The summed E-state index contributed by atoms with van der Waals surface area (Å²) < 4.78 is 10.4. The van der Waals surface area contributed by atoms with Gasteiger partial charge in [0.2, 0.25) is 0 Å². The number of hydrogen-bond donors (Lipinski definition) is 1. The molecule has 1 fully saturated rings. The van der Waals surface area contributed by atoms with Crippen molar-refractivity contribution in [1.82, 2.24) is 5.16 Å². The van der Waals surface area contributed by atoms with Gasteiger partial charge in [0.25, 0.3) is 0 Å². The number of rotatable bonds is 2. The maximum atomic E-state index is 5.68. The van der Waals surface area contributed by atoms with E-state index in [2.05, 4.69) is 10.1 Å². The van der Waals surface area contributed by atoms with Gasteiger partial charge in [-0.15, -0.1) is 0 Å². The average Bonchev–Trinajstić information content (AvgIpc) is 2.68. The van der Waals surface area contributed by atoms with Crippen molar-refractivity contribution in [1.29, 1.82) is 0 Å². The number of hydrogen-bond acceptors (Lipinski definition) is 5. The molecule has 0 unspecified atom stereocenters. The Hall–Kier alpha value is -1.07. The van der Waals surface area contributed by atoms with E-state index < -0.39 is 0 Å². The number of nitrogens with zero attached hydrogens (tertiary/aromatic N) is 2. The molecular weight excluding hydrogens is 182 g/mol. The van der Waals surface area contributed by atoms with Crippen molar-refractivity contribution in [3.8, 4) is 0 Å². The summed E-state index contributed by atoms with van der Waals surface area (Å²) in [6.07, 6.45) is 0. The van der Waals surface area contributed by atoms with Crippen LogP contribution in [0.1, 0.15) is 18.7 Å². The Morgan fingerprint density at radius 1 is 1.50 bits per heavy atom. The Kier molecular flexibility index (Phi) is 2.69.